The first-order valence-electron chi connectivity index (χ1n) is 3.90. The van der Waals surface area contributed by atoms with Crippen LogP contribution < -0.4 is 0 Å². The Morgan fingerprint density at radius 1 is 0.632 bits per heavy atom. The number of nitrogens with zero attached hydrogens (tertiary/aromatic N) is 6. The second kappa shape index (κ2) is 7.64. The molecular formula is C8H2I2N6P2Pd. The number of hydrogen-bond donors (Lipinski definition) is 0. The molecule has 0 aliphatic carbocycles. The molecule has 0 bridgehead atoms. The van der Waals surface area contributed by atoms with E-state index in [1.807, 2.05) is 39.0 Å². The Hall–Kier alpha value is -0.0777. The Morgan fingerprint density at radius 2 is 0.842 bits per heavy atom. The summed E-state index contributed by atoms with van der Waals surface area (Å²) in [6.45, 7) is -0.596. The second-order valence-corrected chi connectivity index (χ2v) is 51.2. The first-order chi connectivity index (χ1) is 8.78. The zero-order valence-corrected chi connectivity index (χ0v) is 16.6. The molecule has 0 aromatic rings. The van der Waals surface area contributed by atoms with Crippen molar-refractivity contribution in [3.8, 4) is 36.4 Å². The number of nitriles is 6. The SMILES string of the molecule is N#CC(C#N)(C#N)[PH][Pd]([I])([I])[PH]C(C#N)(C#N)C#N. The minimum atomic E-state index is -2.57. The van der Waals surface area contributed by atoms with Crippen LogP contribution in [0.25, 0.3) is 0 Å². The zero-order valence-electron chi connectivity index (χ0n) is 8.76. The van der Waals surface area contributed by atoms with E-state index >= 15 is 0 Å². The molecule has 2 atom stereocenters. The van der Waals surface area contributed by atoms with Gasteiger partial charge in [0.25, 0.3) is 0 Å². The summed E-state index contributed by atoms with van der Waals surface area (Å²) >= 11 is 4.04. The first kappa shape index (κ1) is 18.9. The summed E-state index contributed by atoms with van der Waals surface area (Å²) in [6.07, 6.45) is 0. The van der Waals surface area contributed by atoms with E-state index in [0.717, 1.165) is 0 Å². The third kappa shape index (κ3) is 5.07. The van der Waals surface area contributed by atoms with Crippen LogP contribution in [0.1, 0.15) is 0 Å². The molecule has 0 saturated heterocycles. The molecule has 0 aromatic heterocycles. The number of halogens is 2. The predicted octanol–water partition coefficient (Wildman–Crippen LogP) is 2.65. The van der Waals surface area contributed by atoms with Crippen molar-refractivity contribution in [2.45, 2.75) is 10.3 Å². The molecule has 0 saturated carbocycles. The van der Waals surface area contributed by atoms with Crippen LogP contribution in [0.4, 0.5) is 0 Å². The van der Waals surface area contributed by atoms with Gasteiger partial charge in [0, 0.05) is 0 Å². The van der Waals surface area contributed by atoms with Crippen molar-refractivity contribution < 1.29 is 7.32 Å². The van der Waals surface area contributed by atoms with Crippen LogP contribution in [0.5, 0.6) is 0 Å². The summed E-state index contributed by atoms with van der Waals surface area (Å²) in [5.41, 5.74) is 0. The van der Waals surface area contributed by atoms with Gasteiger partial charge < -0.3 is 0 Å². The standard InChI is InChI=1S/2C4HN3P.2HI.Pd/c2*5-1-4(8,2-6)3-7;;;/h2*8H;2*1H;/q2*-1;;;+4/p-2. The van der Waals surface area contributed by atoms with Gasteiger partial charge in [0.15, 0.2) is 0 Å². The van der Waals surface area contributed by atoms with E-state index in [2.05, 4.69) is 0 Å². The molecule has 0 amide bonds. The molecular weight excluding hydrogens is 602 g/mol. The Kier molecular flexibility index (Phi) is 7.61. The van der Waals surface area contributed by atoms with E-state index in [9.17, 15) is 0 Å². The van der Waals surface area contributed by atoms with Crippen LogP contribution in [0.15, 0.2) is 0 Å². The van der Waals surface area contributed by atoms with E-state index in [0.29, 0.717) is 0 Å². The van der Waals surface area contributed by atoms with Gasteiger partial charge >= 0.3 is 138 Å². The van der Waals surface area contributed by atoms with Crippen molar-refractivity contribution in [2.24, 2.45) is 0 Å². The van der Waals surface area contributed by atoms with Crippen LogP contribution in [0.3, 0.4) is 0 Å². The summed E-state index contributed by atoms with van der Waals surface area (Å²) in [6, 6.07) is 10.1. The number of hydrogen-bond acceptors (Lipinski definition) is 6. The van der Waals surface area contributed by atoms with Crippen LogP contribution in [0, 0.1) is 68.0 Å². The van der Waals surface area contributed by atoms with Gasteiger partial charge in [-0.1, -0.05) is 0 Å². The molecule has 0 aromatic carbocycles. The molecule has 0 fully saturated rings. The molecule has 19 heavy (non-hydrogen) atoms. The average Bonchev–Trinajstić information content (AvgIpc) is 2.42. The molecule has 6 nitrogen and oxygen atoms in total. The summed E-state index contributed by atoms with van der Waals surface area (Å²) in [4.78, 5) is 0. The molecule has 0 aliphatic rings. The van der Waals surface area contributed by atoms with E-state index in [4.69, 9.17) is 31.6 Å². The summed E-state index contributed by atoms with van der Waals surface area (Å²) in [5.74, 6) is 0. The monoisotopic (exact) mass is 604 g/mol. The fourth-order valence-electron chi connectivity index (χ4n) is 0.574. The zero-order chi connectivity index (χ0) is 15.2. The molecule has 98 valence electrons. The van der Waals surface area contributed by atoms with Crippen LogP contribution >= 0.6 is 52.6 Å². The summed E-state index contributed by atoms with van der Waals surface area (Å²) < 4.78 is 0. The van der Waals surface area contributed by atoms with Gasteiger partial charge in [-0.25, -0.2) is 0 Å². The molecule has 0 spiro atoms. The molecule has 2 unspecified atom stereocenters. The van der Waals surface area contributed by atoms with Crippen LogP contribution in [-0.4, -0.2) is 10.3 Å². The first-order valence-corrected chi connectivity index (χ1v) is 19.4. The van der Waals surface area contributed by atoms with E-state index in [-0.39, 0.29) is 13.5 Å². The van der Waals surface area contributed by atoms with Gasteiger partial charge in [-0.2, -0.15) is 0 Å². The molecule has 0 aliphatic heterocycles. The van der Waals surface area contributed by atoms with Gasteiger partial charge in [0.05, 0.1) is 0 Å². The topological polar surface area (TPSA) is 143 Å². The van der Waals surface area contributed by atoms with Crippen LogP contribution in [-0.2, 0) is 7.32 Å². The predicted molar refractivity (Wildman–Crippen MR) is 83.8 cm³/mol. The maximum absolute atomic E-state index is 8.95. The van der Waals surface area contributed by atoms with Crippen molar-refractivity contribution >= 4 is 52.6 Å². The van der Waals surface area contributed by atoms with E-state index in [1.165, 1.54) is 0 Å². The third-order valence-electron chi connectivity index (χ3n) is 1.44. The van der Waals surface area contributed by atoms with Gasteiger partial charge in [0.1, 0.15) is 0 Å². The van der Waals surface area contributed by atoms with Gasteiger partial charge in [-0.05, 0) is 0 Å². The van der Waals surface area contributed by atoms with Gasteiger partial charge in [0.2, 0.25) is 0 Å². The Morgan fingerprint density at radius 3 is 1.00 bits per heavy atom. The Balaban J connectivity index is 5.40. The van der Waals surface area contributed by atoms with E-state index < -0.39 is 17.6 Å². The van der Waals surface area contributed by atoms with Crippen molar-refractivity contribution in [1.29, 1.82) is 31.6 Å². The van der Waals surface area contributed by atoms with Gasteiger partial charge in [-0.15, -0.1) is 0 Å². The Bertz CT molecular complexity index is 496. The molecule has 11 heteroatoms. The fraction of sp³-hybridized carbons (Fsp3) is 0.250. The minimum absolute atomic E-state index is 0.298. The molecule has 0 heterocycles. The fourth-order valence-corrected chi connectivity index (χ4v) is 30.7. The van der Waals surface area contributed by atoms with Crippen molar-refractivity contribution in [3.63, 3.8) is 0 Å². The third-order valence-corrected chi connectivity index (χ3v) is 24.3. The Labute approximate surface area is 136 Å². The number of rotatable bonds is 4. The summed E-state index contributed by atoms with van der Waals surface area (Å²) in [5, 5.41) is 50.2. The van der Waals surface area contributed by atoms with Crippen molar-refractivity contribution in [3.05, 3.63) is 0 Å². The quantitative estimate of drug-likeness (QED) is 0.274. The molecule has 0 N–H and O–H groups in total. The maximum atomic E-state index is 8.95. The van der Waals surface area contributed by atoms with Gasteiger partial charge in [-0.3, -0.25) is 0 Å². The summed E-state index contributed by atoms with van der Waals surface area (Å²) in [7, 11) is -2.57. The van der Waals surface area contributed by atoms with Crippen LogP contribution in [0.2, 0.25) is 0 Å². The molecule has 0 rings (SSSR count). The van der Waals surface area contributed by atoms with Crippen molar-refractivity contribution in [1.82, 2.24) is 0 Å². The van der Waals surface area contributed by atoms with E-state index in [1.54, 1.807) is 36.4 Å². The average molecular weight is 604 g/mol. The second-order valence-electron chi connectivity index (χ2n) is 2.69. The molecule has 0 radical (unpaired) electrons. The normalized spacial score (nSPS) is 12.8. The van der Waals surface area contributed by atoms with Crippen molar-refractivity contribution in [2.75, 3.05) is 0 Å².